The summed E-state index contributed by atoms with van der Waals surface area (Å²) in [6, 6.07) is 9.12. The molecule has 0 aliphatic carbocycles. The van der Waals surface area contributed by atoms with Crippen LogP contribution in [0.5, 0.6) is 23.0 Å². The quantitative estimate of drug-likeness (QED) is 0.124. The number of fused-ring (bicyclic) bond motifs is 1. The topological polar surface area (TPSA) is 233 Å². The molecule has 2 aliphatic rings. The van der Waals surface area contributed by atoms with Crippen LogP contribution in [0.2, 0.25) is 0 Å². The van der Waals surface area contributed by atoms with Crippen LogP contribution < -0.4 is 24.4 Å². The van der Waals surface area contributed by atoms with E-state index < -0.39 is 79.4 Å². The van der Waals surface area contributed by atoms with E-state index in [1.807, 2.05) is 0 Å². The third-order valence-electron chi connectivity index (χ3n) is 7.86. The van der Waals surface area contributed by atoms with Crippen molar-refractivity contribution in [2.75, 3.05) is 20.8 Å². The second-order valence-electron chi connectivity index (χ2n) is 11.1. The Hall–Kier alpha value is -3.84. The molecule has 1 aromatic heterocycles. The lowest BCUT2D eigenvalue weighted by atomic mass is 9.98. The van der Waals surface area contributed by atoms with Crippen LogP contribution >= 0.6 is 0 Å². The normalized spacial score (nSPS) is 30.9. The van der Waals surface area contributed by atoms with Crippen molar-refractivity contribution in [1.29, 1.82) is 0 Å². The zero-order chi connectivity index (χ0) is 34.2. The molecule has 0 amide bonds. The molecule has 0 saturated carbocycles. The van der Waals surface area contributed by atoms with E-state index in [9.17, 15) is 40.2 Å². The van der Waals surface area contributed by atoms with E-state index in [1.165, 1.54) is 33.3 Å². The standard InChI is InChI=1S/C31H36O16/c1-12-22(34)24(36)26(38)30(43-12)42-11-20-23(35)25(37)27(39)31(47-20)46-19-10-18-21(29(28(19)41-4)44-13(2)32)16(33)9-17(45-18)14-5-7-15(40-3)8-6-14/h5-10,12,20,22-27,30-31,34-39H,11H2,1-4H3/t12-,20+,22-,23+,24+,25-,26+,27+,30+,31+/m0/s1. The van der Waals surface area contributed by atoms with Gasteiger partial charge in [0, 0.05) is 24.6 Å². The zero-order valence-electron chi connectivity index (χ0n) is 25.7. The van der Waals surface area contributed by atoms with Gasteiger partial charge >= 0.3 is 5.97 Å². The molecule has 6 N–H and O–H groups in total. The van der Waals surface area contributed by atoms with Gasteiger partial charge in [0.25, 0.3) is 0 Å². The van der Waals surface area contributed by atoms with Gasteiger partial charge in [-0.05, 0) is 31.2 Å². The summed E-state index contributed by atoms with van der Waals surface area (Å²) in [4.78, 5) is 25.4. The SMILES string of the molecule is COc1ccc(-c2cc(=O)c3c(OC(C)=O)c(OC)c(O[C@@H]4O[C@H](CO[C@@H]5O[C@@H](C)[C@H](O)[C@@H](O)[C@H]5O)[C@@H](O)[C@H](O)[C@H]4O)cc3o2)cc1. The Morgan fingerprint density at radius 1 is 0.809 bits per heavy atom. The van der Waals surface area contributed by atoms with E-state index in [0.717, 1.165) is 6.92 Å². The van der Waals surface area contributed by atoms with E-state index in [1.54, 1.807) is 24.3 Å². The molecular weight excluding hydrogens is 628 g/mol. The first-order valence-electron chi connectivity index (χ1n) is 14.5. The molecule has 2 fully saturated rings. The predicted octanol–water partition coefficient (Wildman–Crippen LogP) is -0.567. The summed E-state index contributed by atoms with van der Waals surface area (Å²) in [5, 5.41) is 62.1. The highest BCUT2D eigenvalue weighted by molar-refractivity contribution is 5.92. The van der Waals surface area contributed by atoms with Crippen molar-refractivity contribution in [3.8, 4) is 34.3 Å². The zero-order valence-corrected chi connectivity index (χ0v) is 25.7. The van der Waals surface area contributed by atoms with Crippen LogP contribution in [0.3, 0.4) is 0 Å². The highest BCUT2D eigenvalue weighted by Gasteiger charge is 2.47. The van der Waals surface area contributed by atoms with Crippen molar-refractivity contribution >= 4 is 16.9 Å². The fraction of sp³-hybridized carbons (Fsp3) is 0.484. The van der Waals surface area contributed by atoms with Crippen LogP contribution in [0.15, 0.2) is 45.6 Å². The predicted molar refractivity (Wildman–Crippen MR) is 158 cm³/mol. The summed E-state index contributed by atoms with van der Waals surface area (Å²) in [5.41, 5.74) is -0.159. The molecule has 5 rings (SSSR count). The van der Waals surface area contributed by atoms with Crippen molar-refractivity contribution in [2.24, 2.45) is 0 Å². The number of esters is 1. The highest BCUT2D eigenvalue weighted by atomic mass is 16.7. The molecule has 2 aliphatic heterocycles. The summed E-state index contributed by atoms with van der Waals surface area (Å²) in [6.45, 7) is 2.03. The van der Waals surface area contributed by atoms with Crippen molar-refractivity contribution in [3.63, 3.8) is 0 Å². The van der Waals surface area contributed by atoms with E-state index >= 15 is 0 Å². The molecule has 2 saturated heterocycles. The molecule has 0 radical (unpaired) electrons. The number of carbonyl (C=O) groups is 1. The van der Waals surface area contributed by atoms with Gasteiger partial charge in [0.15, 0.2) is 23.2 Å². The number of aliphatic hydroxyl groups excluding tert-OH is 6. The second kappa shape index (κ2) is 14.1. The lowest BCUT2D eigenvalue weighted by molar-refractivity contribution is -0.318. The number of carbonyl (C=O) groups excluding carboxylic acids is 1. The van der Waals surface area contributed by atoms with Gasteiger partial charge in [0.05, 0.1) is 26.9 Å². The average molecular weight is 665 g/mol. The Bertz CT molecular complexity index is 1620. The lowest BCUT2D eigenvalue weighted by Gasteiger charge is -2.42. The Labute approximate surface area is 267 Å². The van der Waals surface area contributed by atoms with Crippen molar-refractivity contribution in [2.45, 2.75) is 75.3 Å². The fourth-order valence-corrected chi connectivity index (χ4v) is 5.28. The third-order valence-corrected chi connectivity index (χ3v) is 7.86. The van der Waals surface area contributed by atoms with E-state index in [0.29, 0.717) is 11.3 Å². The van der Waals surface area contributed by atoms with Crippen molar-refractivity contribution in [3.05, 3.63) is 46.6 Å². The van der Waals surface area contributed by atoms with Gasteiger partial charge < -0.3 is 68.2 Å². The molecule has 47 heavy (non-hydrogen) atoms. The minimum absolute atomic E-state index is 0.0977. The fourth-order valence-electron chi connectivity index (χ4n) is 5.28. The molecule has 0 bridgehead atoms. The van der Waals surface area contributed by atoms with Gasteiger partial charge in [-0.3, -0.25) is 9.59 Å². The van der Waals surface area contributed by atoms with Gasteiger partial charge in [-0.2, -0.15) is 0 Å². The van der Waals surface area contributed by atoms with Crippen LogP contribution in [0.1, 0.15) is 13.8 Å². The molecule has 16 heteroatoms. The molecule has 0 unspecified atom stereocenters. The summed E-state index contributed by atoms with van der Waals surface area (Å²) in [7, 11) is 2.72. The van der Waals surface area contributed by atoms with Gasteiger partial charge in [-0.25, -0.2) is 0 Å². The summed E-state index contributed by atoms with van der Waals surface area (Å²) in [5.74, 6) is -0.906. The van der Waals surface area contributed by atoms with Gasteiger partial charge in [0.1, 0.15) is 65.2 Å². The monoisotopic (exact) mass is 664 g/mol. The second-order valence-corrected chi connectivity index (χ2v) is 11.1. The molecule has 0 spiro atoms. The molecule has 3 aromatic rings. The van der Waals surface area contributed by atoms with E-state index in [4.69, 9.17) is 37.6 Å². The van der Waals surface area contributed by atoms with E-state index in [-0.39, 0.29) is 34.0 Å². The maximum atomic E-state index is 13.4. The van der Waals surface area contributed by atoms with Crippen molar-refractivity contribution in [1.82, 2.24) is 0 Å². The number of hydrogen-bond acceptors (Lipinski definition) is 16. The summed E-state index contributed by atoms with van der Waals surface area (Å²) >= 11 is 0. The summed E-state index contributed by atoms with van der Waals surface area (Å²) < 4.78 is 44.5. The lowest BCUT2D eigenvalue weighted by Crippen LogP contribution is -2.61. The maximum absolute atomic E-state index is 13.4. The van der Waals surface area contributed by atoms with Crippen LogP contribution in [-0.2, 0) is 19.0 Å². The molecule has 16 nitrogen and oxygen atoms in total. The van der Waals surface area contributed by atoms with Crippen LogP contribution in [-0.4, -0.2) is 119 Å². The number of methoxy groups -OCH3 is 2. The van der Waals surface area contributed by atoms with Gasteiger partial charge in [-0.15, -0.1) is 0 Å². The largest absolute Gasteiger partial charge is 0.497 e. The van der Waals surface area contributed by atoms with Crippen LogP contribution in [0, 0.1) is 0 Å². The Balaban J connectivity index is 1.47. The first-order valence-corrected chi connectivity index (χ1v) is 14.5. The number of aliphatic hydroxyl groups is 6. The first kappa shape index (κ1) is 34.5. The highest BCUT2D eigenvalue weighted by Crippen LogP contribution is 2.44. The van der Waals surface area contributed by atoms with Gasteiger partial charge in [-0.1, -0.05) is 0 Å². The molecule has 2 aromatic carbocycles. The number of ether oxygens (including phenoxy) is 7. The first-order chi connectivity index (χ1) is 22.3. The molecule has 3 heterocycles. The molecule has 256 valence electrons. The number of benzene rings is 2. The Morgan fingerprint density at radius 3 is 2.11 bits per heavy atom. The third kappa shape index (κ3) is 6.92. The number of rotatable bonds is 9. The molecule has 10 atom stereocenters. The smallest absolute Gasteiger partial charge is 0.308 e. The summed E-state index contributed by atoms with van der Waals surface area (Å²) in [6.07, 6.45) is -15.4. The Morgan fingerprint density at radius 2 is 1.47 bits per heavy atom. The van der Waals surface area contributed by atoms with Crippen molar-refractivity contribution < 1.29 is 73.0 Å². The van der Waals surface area contributed by atoms with Gasteiger partial charge in [0.2, 0.25) is 12.0 Å². The van der Waals surface area contributed by atoms with Crippen LogP contribution in [0.25, 0.3) is 22.3 Å². The molecular formula is C31H36O16. The van der Waals surface area contributed by atoms with E-state index in [2.05, 4.69) is 0 Å². The minimum atomic E-state index is -1.84. The maximum Gasteiger partial charge on any atom is 0.308 e. The number of hydrogen-bond donors (Lipinski definition) is 6. The van der Waals surface area contributed by atoms with Crippen LogP contribution in [0.4, 0.5) is 0 Å². The minimum Gasteiger partial charge on any atom is -0.497 e. The average Bonchev–Trinajstić information content (AvgIpc) is 3.05. The Kier molecular flexibility index (Phi) is 10.4.